The van der Waals surface area contributed by atoms with Crippen LogP contribution in [0.1, 0.15) is 16.2 Å². The Hall–Kier alpha value is -1.33. The van der Waals surface area contributed by atoms with E-state index >= 15 is 0 Å². The second kappa shape index (κ2) is 4.89. The van der Waals surface area contributed by atoms with Crippen LogP contribution >= 0.6 is 27.5 Å². The first-order valence-corrected chi connectivity index (χ1v) is 5.93. The molecule has 0 unspecified atom stereocenters. The number of carbonyl (C=O) groups excluding carboxylic acids is 1. The summed E-state index contributed by atoms with van der Waals surface area (Å²) in [6.45, 7) is 1.77. The van der Waals surface area contributed by atoms with Gasteiger partial charge in [0.25, 0.3) is 5.91 Å². The van der Waals surface area contributed by atoms with Gasteiger partial charge < -0.3 is 9.73 Å². The third-order valence-electron chi connectivity index (χ3n) is 2.06. The van der Waals surface area contributed by atoms with Crippen molar-refractivity contribution in [1.29, 1.82) is 0 Å². The number of nitrogens with zero attached hydrogens (tertiary/aromatic N) is 1. The molecule has 0 aliphatic heterocycles. The summed E-state index contributed by atoms with van der Waals surface area (Å²) >= 11 is 8.96. The Bertz CT molecular complexity index is 568. The SMILES string of the molecule is Cc1nc(NC(=O)c2ccc(Br)o2)ccc1Cl. The summed E-state index contributed by atoms with van der Waals surface area (Å²) < 4.78 is 5.62. The van der Waals surface area contributed by atoms with E-state index in [9.17, 15) is 4.79 Å². The topological polar surface area (TPSA) is 55.1 Å². The fraction of sp³-hybridized carbons (Fsp3) is 0.0909. The molecule has 0 saturated heterocycles. The van der Waals surface area contributed by atoms with Crippen LogP contribution in [0.15, 0.2) is 33.4 Å². The molecule has 1 N–H and O–H groups in total. The number of aryl methyl sites for hydroxylation is 1. The molecule has 2 aromatic rings. The van der Waals surface area contributed by atoms with Gasteiger partial charge >= 0.3 is 0 Å². The molecule has 1 amide bonds. The molecule has 0 atom stereocenters. The highest BCUT2D eigenvalue weighted by molar-refractivity contribution is 9.10. The van der Waals surface area contributed by atoms with Crippen molar-refractivity contribution in [2.75, 3.05) is 5.32 Å². The van der Waals surface area contributed by atoms with E-state index in [4.69, 9.17) is 16.0 Å². The van der Waals surface area contributed by atoms with Gasteiger partial charge in [0.2, 0.25) is 0 Å². The van der Waals surface area contributed by atoms with Crippen LogP contribution in [0.5, 0.6) is 0 Å². The Morgan fingerprint density at radius 2 is 2.18 bits per heavy atom. The quantitative estimate of drug-likeness (QED) is 0.920. The Labute approximate surface area is 111 Å². The number of hydrogen-bond acceptors (Lipinski definition) is 3. The number of aromatic nitrogens is 1. The van der Waals surface area contributed by atoms with Crippen molar-refractivity contribution in [3.05, 3.63) is 45.4 Å². The van der Waals surface area contributed by atoms with Crippen molar-refractivity contribution in [2.45, 2.75) is 6.92 Å². The molecule has 2 rings (SSSR count). The summed E-state index contributed by atoms with van der Waals surface area (Å²) in [7, 11) is 0. The van der Waals surface area contributed by atoms with Crippen molar-refractivity contribution in [1.82, 2.24) is 4.98 Å². The molecule has 0 aromatic carbocycles. The predicted octanol–water partition coefficient (Wildman–Crippen LogP) is 3.65. The second-order valence-corrected chi connectivity index (χ2v) is 4.51. The second-order valence-electron chi connectivity index (χ2n) is 3.32. The van der Waals surface area contributed by atoms with Gasteiger partial charge in [0.05, 0.1) is 10.7 Å². The zero-order valence-electron chi connectivity index (χ0n) is 8.83. The Balaban J connectivity index is 2.15. The van der Waals surface area contributed by atoms with Crippen LogP contribution in [0.2, 0.25) is 5.02 Å². The number of hydrogen-bond donors (Lipinski definition) is 1. The van der Waals surface area contributed by atoms with E-state index in [0.717, 1.165) is 0 Å². The molecule has 0 aliphatic rings. The Kier molecular flexibility index (Phi) is 3.49. The third-order valence-corrected chi connectivity index (χ3v) is 2.89. The summed E-state index contributed by atoms with van der Waals surface area (Å²) in [5, 5.41) is 3.18. The number of nitrogens with one attached hydrogen (secondary N) is 1. The average molecular weight is 316 g/mol. The lowest BCUT2D eigenvalue weighted by molar-refractivity contribution is 0.0995. The van der Waals surface area contributed by atoms with E-state index in [0.29, 0.717) is 21.2 Å². The third kappa shape index (κ3) is 2.87. The first-order valence-electron chi connectivity index (χ1n) is 4.76. The minimum absolute atomic E-state index is 0.214. The molecule has 0 radical (unpaired) electrons. The normalized spacial score (nSPS) is 10.3. The molecule has 0 bridgehead atoms. The van der Waals surface area contributed by atoms with Gasteiger partial charge in [0, 0.05) is 0 Å². The molecular formula is C11H8BrClN2O2. The fourth-order valence-electron chi connectivity index (χ4n) is 1.23. The van der Waals surface area contributed by atoms with Gasteiger partial charge in [-0.1, -0.05) is 11.6 Å². The lowest BCUT2D eigenvalue weighted by atomic mass is 10.3. The van der Waals surface area contributed by atoms with Gasteiger partial charge in [-0.15, -0.1) is 0 Å². The van der Waals surface area contributed by atoms with Crippen LogP contribution in [0.25, 0.3) is 0 Å². The van der Waals surface area contributed by atoms with Crippen LogP contribution < -0.4 is 5.32 Å². The summed E-state index contributed by atoms with van der Waals surface area (Å²) in [6, 6.07) is 6.53. The van der Waals surface area contributed by atoms with Crippen molar-refractivity contribution < 1.29 is 9.21 Å². The first kappa shape index (κ1) is 12.1. The van der Waals surface area contributed by atoms with Gasteiger partial charge in [0.1, 0.15) is 5.82 Å². The highest BCUT2D eigenvalue weighted by Gasteiger charge is 2.11. The average Bonchev–Trinajstić information content (AvgIpc) is 2.70. The monoisotopic (exact) mass is 314 g/mol. The number of anilines is 1. The van der Waals surface area contributed by atoms with Crippen molar-refractivity contribution in [3.8, 4) is 0 Å². The maximum atomic E-state index is 11.7. The van der Waals surface area contributed by atoms with Gasteiger partial charge in [-0.25, -0.2) is 4.98 Å². The number of pyridine rings is 1. The lowest BCUT2D eigenvalue weighted by Gasteiger charge is -2.04. The zero-order chi connectivity index (χ0) is 12.4. The molecule has 17 heavy (non-hydrogen) atoms. The predicted molar refractivity (Wildman–Crippen MR) is 68.3 cm³/mol. The van der Waals surface area contributed by atoms with Crippen molar-refractivity contribution in [3.63, 3.8) is 0 Å². The number of rotatable bonds is 2. The van der Waals surface area contributed by atoms with Crippen molar-refractivity contribution >= 4 is 39.3 Å². The van der Waals surface area contributed by atoms with E-state index in [2.05, 4.69) is 26.2 Å². The van der Waals surface area contributed by atoms with Gasteiger partial charge in [0.15, 0.2) is 10.4 Å². The minimum atomic E-state index is -0.357. The van der Waals surface area contributed by atoms with E-state index in [-0.39, 0.29) is 11.7 Å². The number of halogens is 2. The fourth-order valence-corrected chi connectivity index (χ4v) is 1.64. The van der Waals surface area contributed by atoms with Crippen LogP contribution in [-0.2, 0) is 0 Å². The summed E-state index contributed by atoms with van der Waals surface area (Å²) in [4.78, 5) is 15.9. The van der Waals surface area contributed by atoms with E-state index in [1.165, 1.54) is 0 Å². The molecule has 0 spiro atoms. The maximum absolute atomic E-state index is 11.7. The molecule has 0 fully saturated rings. The largest absolute Gasteiger partial charge is 0.444 e. The number of furan rings is 1. The standard InChI is InChI=1S/C11H8BrClN2O2/c1-6-7(13)2-5-10(14-6)15-11(16)8-3-4-9(12)17-8/h2-5H,1H3,(H,14,15,16). The molecule has 4 nitrogen and oxygen atoms in total. The highest BCUT2D eigenvalue weighted by Crippen LogP contribution is 2.18. The van der Waals surface area contributed by atoms with Crippen LogP contribution in [-0.4, -0.2) is 10.9 Å². The Morgan fingerprint density at radius 3 is 2.76 bits per heavy atom. The number of carbonyl (C=O) groups is 1. The van der Waals surface area contributed by atoms with E-state index in [1.54, 1.807) is 31.2 Å². The maximum Gasteiger partial charge on any atom is 0.292 e. The van der Waals surface area contributed by atoms with Gasteiger partial charge in [-0.3, -0.25) is 4.79 Å². The van der Waals surface area contributed by atoms with Crippen LogP contribution in [0.4, 0.5) is 5.82 Å². The van der Waals surface area contributed by atoms with Gasteiger partial charge in [-0.2, -0.15) is 0 Å². The number of amides is 1. The van der Waals surface area contributed by atoms with Crippen LogP contribution in [0.3, 0.4) is 0 Å². The minimum Gasteiger partial charge on any atom is -0.444 e. The molecule has 0 aliphatic carbocycles. The Morgan fingerprint density at radius 1 is 1.41 bits per heavy atom. The highest BCUT2D eigenvalue weighted by atomic mass is 79.9. The molecule has 88 valence electrons. The van der Waals surface area contributed by atoms with E-state index in [1.807, 2.05) is 0 Å². The summed E-state index contributed by atoms with van der Waals surface area (Å²) in [5.41, 5.74) is 0.657. The molecular weight excluding hydrogens is 307 g/mol. The summed E-state index contributed by atoms with van der Waals surface area (Å²) in [5.74, 6) is 0.292. The van der Waals surface area contributed by atoms with E-state index < -0.39 is 0 Å². The van der Waals surface area contributed by atoms with Crippen LogP contribution in [0, 0.1) is 6.92 Å². The zero-order valence-corrected chi connectivity index (χ0v) is 11.2. The molecule has 2 heterocycles. The molecule has 2 aromatic heterocycles. The van der Waals surface area contributed by atoms with Crippen molar-refractivity contribution in [2.24, 2.45) is 0 Å². The van der Waals surface area contributed by atoms with Gasteiger partial charge in [-0.05, 0) is 47.1 Å². The first-order chi connectivity index (χ1) is 8.06. The summed E-state index contributed by atoms with van der Waals surface area (Å²) in [6.07, 6.45) is 0. The smallest absolute Gasteiger partial charge is 0.292 e. The molecule has 6 heteroatoms. The molecule has 0 saturated carbocycles. The lowest BCUT2D eigenvalue weighted by Crippen LogP contribution is -2.12.